The van der Waals surface area contributed by atoms with Gasteiger partial charge in [-0.25, -0.2) is 0 Å². The molecule has 170 valence electrons. The summed E-state index contributed by atoms with van der Waals surface area (Å²) in [5.41, 5.74) is 0.979. The number of hydrogen-bond donors (Lipinski definition) is 1. The molecule has 0 saturated carbocycles. The van der Waals surface area contributed by atoms with Crippen LogP contribution in [0, 0.1) is 5.92 Å². The van der Waals surface area contributed by atoms with Gasteiger partial charge in [0.25, 0.3) is 5.91 Å². The molecule has 5 rings (SSSR count). The lowest BCUT2D eigenvalue weighted by molar-refractivity contribution is -0.142. The number of nitrogens with one attached hydrogen (secondary N) is 1. The van der Waals surface area contributed by atoms with Crippen molar-refractivity contribution >= 4 is 22.6 Å². The van der Waals surface area contributed by atoms with Gasteiger partial charge in [-0.05, 0) is 81.0 Å². The quantitative estimate of drug-likeness (QED) is 0.621. The Morgan fingerprint density at radius 2 is 1.73 bits per heavy atom. The average Bonchev–Trinajstić information content (AvgIpc) is 3.08. The van der Waals surface area contributed by atoms with Crippen LogP contribution in [0.3, 0.4) is 0 Å². The molecule has 0 spiro atoms. The van der Waals surface area contributed by atoms with Crippen LogP contribution in [0.1, 0.15) is 55.5 Å². The molecule has 2 fully saturated rings. The van der Waals surface area contributed by atoms with E-state index in [2.05, 4.69) is 39.5 Å². The number of fused-ring (bicyclic) bond motifs is 3. The first kappa shape index (κ1) is 21.6. The maximum atomic E-state index is 13.6. The lowest BCUT2D eigenvalue weighted by atomic mass is 9.84. The zero-order valence-electron chi connectivity index (χ0n) is 19.3. The van der Waals surface area contributed by atoms with Crippen molar-refractivity contribution in [1.29, 1.82) is 0 Å². The Morgan fingerprint density at radius 3 is 2.45 bits per heavy atom. The van der Waals surface area contributed by atoms with Gasteiger partial charge in [-0.1, -0.05) is 36.4 Å². The molecular formula is C28H31N3O2. The molecule has 2 aromatic carbocycles. The topological polar surface area (TPSA) is 62.3 Å². The fraction of sp³-hybridized carbons (Fsp3) is 0.393. The predicted octanol–water partition coefficient (Wildman–Crippen LogP) is 4.76. The van der Waals surface area contributed by atoms with Gasteiger partial charge in [0, 0.05) is 35.4 Å². The van der Waals surface area contributed by atoms with Crippen LogP contribution in [0.2, 0.25) is 0 Å². The minimum atomic E-state index is -0.943. The average molecular weight is 442 g/mol. The van der Waals surface area contributed by atoms with Crippen LogP contribution in [0.25, 0.3) is 10.8 Å². The van der Waals surface area contributed by atoms with E-state index in [-0.39, 0.29) is 23.9 Å². The number of rotatable bonds is 5. The first-order valence-corrected chi connectivity index (χ1v) is 11.9. The number of carbonyl (C=O) groups excluding carboxylic acids is 2. The number of piperidine rings is 1. The summed E-state index contributed by atoms with van der Waals surface area (Å²) in [5, 5.41) is 5.44. The maximum Gasteiger partial charge on any atom is 0.252 e. The summed E-state index contributed by atoms with van der Waals surface area (Å²) in [4.78, 5) is 32.7. The van der Waals surface area contributed by atoms with Crippen molar-refractivity contribution in [3.8, 4) is 0 Å². The van der Waals surface area contributed by atoms with Gasteiger partial charge in [0.05, 0.1) is 0 Å². The van der Waals surface area contributed by atoms with E-state index in [1.807, 2.05) is 44.4 Å². The first-order chi connectivity index (χ1) is 15.9. The van der Waals surface area contributed by atoms with E-state index in [1.165, 1.54) is 16.3 Å². The number of pyridine rings is 1. The number of hydrogen-bond acceptors (Lipinski definition) is 3. The number of aromatic nitrogens is 1. The summed E-state index contributed by atoms with van der Waals surface area (Å²) in [6.45, 7) is 3.65. The fourth-order valence-corrected chi connectivity index (χ4v) is 5.78. The second-order valence-electron chi connectivity index (χ2n) is 10.1. The second-order valence-corrected chi connectivity index (χ2v) is 10.1. The van der Waals surface area contributed by atoms with Crippen LogP contribution in [-0.2, 0) is 11.2 Å². The number of amides is 2. The van der Waals surface area contributed by atoms with E-state index >= 15 is 0 Å². The summed E-state index contributed by atoms with van der Waals surface area (Å²) in [5.74, 6) is 0.382. The van der Waals surface area contributed by atoms with Crippen LogP contribution in [-0.4, -0.2) is 39.3 Å². The second kappa shape index (κ2) is 8.62. The number of carbonyl (C=O) groups is 2. The minimum Gasteiger partial charge on any atom is -0.338 e. The molecule has 33 heavy (non-hydrogen) atoms. The van der Waals surface area contributed by atoms with E-state index < -0.39 is 5.54 Å². The van der Waals surface area contributed by atoms with Crippen molar-refractivity contribution in [3.63, 3.8) is 0 Å². The van der Waals surface area contributed by atoms with Crippen molar-refractivity contribution in [2.24, 2.45) is 5.92 Å². The van der Waals surface area contributed by atoms with E-state index in [0.29, 0.717) is 11.5 Å². The number of benzene rings is 2. The molecule has 0 unspecified atom stereocenters. The largest absolute Gasteiger partial charge is 0.338 e. The SMILES string of the molecule is CC(C)(NC(=O)c1ccccc1)C(=O)N1[C@H]2CC[C@H]1CC(Cc1cccc3ccncc13)C2. The molecule has 1 N–H and O–H groups in total. The molecule has 2 aliphatic rings. The van der Waals surface area contributed by atoms with E-state index in [1.54, 1.807) is 12.1 Å². The maximum absolute atomic E-state index is 13.6. The zero-order chi connectivity index (χ0) is 23.0. The summed E-state index contributed by atoms with van der Waals surface area (Å²) < 4.78 is 0. The van der Waals surface area contributed by atoms with Crippen LogP contribution < -0.4 is 5.32 Å². The third-order valence-corrected chi connectivity index (χ3v) is 7.34. The molecule has 3 heterocycles. The molecule has 2 aliphatic heterocycles. The normalized spacial score (nSPS) is 22.4. The van der Waals surface area contributed by atoms with Crippen LogP contribution in [0.15, 0.2) is 67.0 Å². The van der Waals surface area contributed by atoms with Crippen molar-refractivity contribution in [2.45, 2.75) is 63.6 Å². The molecule has 3 aromatic rings. The van der Waals surface area contributed by atoms with Crippen molar-refractivity contribution in [1.82, 2.24) is 15.2 Å². The van der Waals surface area contributed by atoms with E-state index in [0.717, 1.165) is 32.1 Å². The molecule has 2 bridgehead atoms. The molecule has 5 heteroatoms. The van der Waals surface area contributed by atoms with Crippen molar-refractivity contribution in [3.05, 3.63) is 78.1 Å². The highest BCUT2D eigenvalue weighted by Gasteiger charge is 2.47. The highest BCUT2D eigenvalue weighted by molar-refractivity contribution is 5.99. The molecular weight excluding hydrogens is 410 g/mol. The summed E-state index contributed by atoms with van der Waals surface area (Å²) in [6.07, 6.45) is 8.96. The van der Waals surface area contributed by atoms with Gasteiger partial charge in [0.15, 0.2) is 0 Å². The Balaban J connectivity index is 1.28. The highest BCUT2D eigenvalue weighted by atomic mass is 16.2. The van der Waals surface area contributed by atoms with Gasteiger partial charge in [0.2, 0.25) is 5.91 Å². The van der Waals surface area contributed by atoms with Gasteiger partial charge in [0.1, 0.15) is 5.54 Å². The van der Waals surface area contributed by atoms with Crippen molar-refractivity contribution < 1.29 is 9.59 Å². The molecule has 5 nitrogen and oxygen atoms in total. The van der Waals surface area contributed by atoms with Crippen LogP contribution >= 0.6 is 0 Å². The van der Waals surface area contributed by atoms with Gasteiger partial charge in [-0.3, -0.25) is 14.6 Å². The van der Waals surface area contributed by atoms with Gasteiger partial charge in [-0.15, -0.1) is 0 Å². The standard InChI is InChI=1S/C28H31N3O2/c1-28(2,30-26(32)21-7-4-3-5-8-21)27(33)31-23-11-12-24(31)17-19(16-23)15-22-10-6-9-20-13-14-29-18-25(20)22/h3-10,13-14,18-19,23-24H,11-12,15-17H2,1-2H3,(H,30,32)/t23-,24-/m0/s1. The summed E-state index contributed by atoms with van der Waals surface area (Å²) in [6, 6.07) is 18.1. The smallest absolute Gasteiger partial charge is 0.252 e. The minimum absolute atomic E-state index is 0.0343. The molecule has 0 radical (unpaired) electrons. The zero-order valence-corrected chi connectivity index (χ0v) is 19.3. The summed E-state index contributed by atoms with van der Waals surface area (Å²) in [7, 11) is 0. The van der Waals surface area contributed by atoms with Gasteiger partial charge < -0.3 is 10.2 Å². The first-order valence-electron chi connectivity index (χ1n) is 11.9. The highest BCUT2D eigenvalue weighted by Crippen LogP contribution is 2.41. The van der Waals surface area contributed by atoms with Crippen molar-refractivity contribution in [2.75, 3.05) is 0 Å². The molecule has 2 atom stereocenters. The lowest BCUT2D eigenvalue weighted by Crippen LogP contribution is -2.60. The third kappa shape index (κ3) is 4.24. The van der Waals surface area contributed by atoms with Gasteiger partial charge in [-0.2, -0.15) is 0 Å². The lowest BCUT2D eigenvalue weighted by Gasteiger charge is -2.43. The van der Waals surface area contributed by atoms with E-state index in [4.69, 9.17) is 0 Å². The summed E-state index contributed by atoms with van der Waals surface area (Å²) >= 11 is 0. The third-order valence-electron chi connectivity index (χ3n) is 7.34. The Kier molecular flexibility index (Phi) is 5.65. The monoisotopic (exact) mass is 441 g/mol. The Hall–Kier alpha value is -3.21. The molecule has 0 aliphatic carbocycles. The van der Waals surface area contributed by atoms with Crippen LogP contribution in [0.4, 0.5) is 0 Å². The van der Waals surface area contributed by atoms with E-state index in [9.17, 15) is 9.59 Å². The van der Waals surface area contributed by atoms with Crippen LogP contribution in [0.5, 0.6) is 0 Å². The Morgan fingerprint density at radius 1 is 1.00 bits per heavy atom. The Bertz CT molecular complexity index is 1150. The molecule has 2 saturated heterocycles. The molecule has 1 aromatic heterocycles. The predicted molar refractivity (Wildman–Crippen MR) is 130 cm³/mol. The number of nitrogens with zero attached hydrogens (tertiary/aromatic N) is 2. The Labute approximate surface area is 195 Å². The van der Waals surface area contributed by atoms with Gasteiger partial charge >= 0.3 is 0 Å². The molecule has 2 amide bonds. The fourth-order valence-electron chi connectivity index (χ4n) is 5.78.